The molecule has 0 saturated heterocycles. The van der Waals surface area contributed by atoms with E-state index in [1.165, 1.54) is 17.7 Å². The number of benzene rings is 1. The molecule has 3 heteroatoms. The first-order valence-electron chi connectivity index (χ1n) is 6.08. The summed E-state index contributed by atoms with van der Waals surface area (Å²) in [6, 6.07) is 8.69. The fourth-order valence-corrected chi connectivity index (χ4v) is 2.50. The van der Waals surface area contributed by atoms with Gasteiger partial charge in [0.1, 0.15) is 0 Å². The Morgan fingerprint density at radius 3 is 2.47 bits per heavy atom. The van der Waals surface area contributed by atoms with Gasteiger partial charge in [-0.25, -0.2) is 4.98 Å². The van der Waals surface area contributed by atoms with Crippen LogP contribution in [0.2, 0.25) is 0 Å². The van der Waals surface area contributed by atoms with Crippen molar-refractivity contribution in [2.75, 3.05) is 18.0 Å². The number of hydrogen-bond donors (Lipinski definition) is 0. The van der Waals surface area contributed by atoms with Crippen molar-refractivity contribution in [1.82, 2.24) is 4.98 Å². The summed E-state index contributed by atoms with van der Waals surface area (Å²) in [4.78, 5) is 6.72. The molecule has 0 amide bonds. The third-order valence-corrected chi connectivity index (χ3v) is 3.42. The Balaban J connectivity index is 2.17. The molecule has 17 heavy (non-hydrogen) atoms. The van der Waals surface area contributed by atoms with Crippen molar-refractivity contribution in [3.05, 3.63) is 35.2 Å². The third-order valence-electron chi connectivity index (χ3n) is 2.84. The van der Waals surface area contributed by atoms with Gasteiger partial charge in [0.25, 0.3) is 0 Å². The van der Waals surface area contributed by atoms with Gasteiger partial charge in [-0.2, -0.15) is 0 Å². The third kappa shape index (κ3) is 2.86. The number of rotatable bonds is 5. The minimum atomic E-state index is 1.06. The van der Waals surface area contributed by atoms with Crippen molar-refractivity contribution in [3.63, 3.8) is 0 Å². The Bertz CT molecular complexity index is 434. The van der Waals surface area contributed by atoms with Crippen LogP contribution in [0, 0.1) is 0 Å². The van der Waals surface area contributed by atoms with Crippen LogP contribution in [-0.2, 0) is 0 Å². The molecule has 0 aliphatic heterocycles. The van der Waals surface area contributed by atoms with Gasteiger partial charge >= 0.3 is 0 Å². The molecule has 2 nitrogen and oxygen atoms in total. The highest BCUT2D eigenvalue weighted by molar-refractivity contribution is 7.07. The lowest BCUT2D eigenvalue weighted by Gasteiger charge is -2.22. The first-order chi connectivity index (χ1) is 8.35. The summed E-state index contributed by atoms with van der Waals surface area (Å²) in [7, 11) is 0. The second kappa shape index (κ2) is 5.82. The molecule has 0 atom stereocenters. The molecule has 0 unspecified atom stereocenters. The molecule has 90 valence electrons. The first kappa shape index (κ1) is 12.1. The van der Waals surface area contributed by atoms with E-state index in [4.69, 9.17) is 0 Å². The summed E-state index contributed by atoms with van der Waals surface area (Å²) in [6.07, 6.45) is 1.18. The normalized spacial score (nSPS) is 10.5. The summed E-state index contributed by atoms with van der Waals surface area (Å²) in [5, 5.41) is 2.08. The summed E-state index contributed by atoms with van der Waals surface area (Å²) in [6.45, 7) is 6.59. The van der Waals surface area contributed by atoms with Gasteiger partial charge in [0.2, 0.25) is 0 Å². The largest absolute Gasteiger partial charge is 0.372 e. The van der Waals surface area contributed by atoms with Crippen molar-refractivity contribution in [2.24, 2.45) is 0 Å². The van der Waals surface area contributed by atoms with Gasteiger partial charge in [-0.3, -0.25) is 0 Å². The molecule has 1 heterocycles. The van der Waals surface area contributed by atoms with Gasteiger partial charge in [-0.05, 0) is 25.5 Å². The Kier molecular flexibility index (Phi) is 4.15. The highest BCUT2D eigenvalue weighted by Gasteiger charge is 2.04. The molecule has 2 aromatic rings. The quantitative estimate of drug-likeness (QED) is 0.791. The lowest BCUT2D eigenvalue weighted by atomic mass is 10.1. The Hall–Kier alpha value is -1.35. The molecule has 0 spiro atoms. The van der Waals surface area contributed by atoms with E-state index in [0.29, 0.717) is 0 Å². The molecule has 0 bridgehead atoms. The molecular weight excluding hydrogens is 228 g/mol. The second-order valence-corrected chi connectivity index (χ2v) is 4.72. The molecule has 2 rings (SSSR count). The highest BCUT2D eigenvalue weighted by Crippen LogP contribution is 2.23. The van der Waals surface area contributed by atoms with Crippen molar-refractivity contribution >= 4 is 17.0 Å². The van der Waals surface area contributed by atoms with Crippen LogP contribution in [0.1, 0.15) is 20.3 Å². The van der Waals surface area contributed by atoms with E-state index in [2.05, 4.69) is 53.4 Å². The van der Waals surface area contributed by atoms with Gasteiger partial charge in [-0.15, -0.1) is 11.3 Å². The van der Waals surface area contributed by atoms with E-state index < -0.39 is 0 Å². The smallest absolute Gasteiger partial charge is 0.0811 e. The Morgan fingerprint density at radius 2 is 1.94 bits per heavy atom. The number of hydrogen-bond acceptors (Lipinski definition) is 3. The van der Waals surface area contributed by atoms with Crippen LogP contribution in [0.5, 0.6) is 0 Å². The lowest BCUT2D eigenvalue weighted by Crippen LogP contribution is -2.23. The standard InChI is InChI=1S/C14H18N2S/c1-3-9-16(4-2)13-7-5-12(6-8-13)14-10-17-11-15-14/h5-8,10-11H,3-4,9H2,1-2H3. The monoisotopic (exact) mass is 246 g/mol. The van der Waals surface area contributed by atoms with Crippen molar-refractivity contribution in [3.8, 4) is 11.3 Å². The summed E-state index contributed by atoms with van der Waals surface area (Å²) >= 11 is 1.64. The van der Waals surface area contributed by atoms with Crippen LogP contribution in [0.4, 0.5) is 5.69 Å². The van der Waals surface area contributed by atoms with Crippen LogP contribution >= 0.6 is 11.3 Å². The summed E-state index contributed by atoms with van der Waals surface area (Å²) in [5.74, 6) is 0. The average Bonchev–Trinajstić information content (AvgIpc) is 2.90. The Morgan fingerprint density at radius 1 is 1.18 bits per heavy atom. The van der Waals surface area contributed by atoms with E-state index in [0.717, 1.165) is 18.8 Å². The number of thiazole rings is 1. The second-order valence-electron chi connectivity index (χ2n) is 4.00. The molecule has 0 N–H and O–H groups in total. The summed E-state index contributed by atoms with van der Waals surface area (Å²) < 4.78 is 0. The zero-order valence-electron chi connectivity index (χ0n) is 10.4. The van der Waals surface area contributed by atoms with Crippen LogP contribution in [-0.4, -0.2) is 18.1 Å². The van der Waals surface area contributed by atoms with Crippen LogP contribution < -0.4 is 4.90 Å². The molecule has 0 fully saturated rings. The molecule has 0 saturated carbocycles. The molecule has 1 aromatic heterocycles. The maximum Gasteiger partial charge on any atom is 0.0811 e. The van der Waals surface area contributed by atoms with Gasteiger partial charge in [0.05, 0.1) is 11.2 Å². The highest BCUT2D eigenvalue weighted by atomic mass is 32.1. The maximum absolute atomic E-state index is 4.32. The minimum Gasteiger partial charge on any atom is -0.372 e. The van der Waals surface area contributed by atoms with Gasteiger partial charge in [0.15, 0.2) is 0 Å². The zero-order valence-corrected chi connectivity index (χ0v) is 11.2. The fourth-order valence-electron chi connectivity index (χ4n) is 1.94. The van der Waals surface area contributed by atoms with E-state index in [1.54, 1.807) is 11.3 Å². The van der Waals surface area contributed by atoms with Crippen LogP contribution in [0.15, 0.2) is 35.2 Å². The molecular formula is C14H18N2S. The zero-order chi connectivity index (χ0) is 12.1. The predicted octanol–water partition coefficient (Wildman–Crippen LogP) is 4.05. The molecule has 0 radical (unpaired) electrons. The van der Waals surface area contributed by atoms with Crippen molar-refractivity contribution < 1.29 is 0 Å². The van der Waals surface area contributed by atoms with Crippen LogP contribution in [0.3, 0.4) is 0 Å². The van der Waals surface area contributed by atoms with Gasteiger partial charge in [0, 0.05) is 29.7 Å². The van der Waals surface area contributed by atoms with Crippen molar-refractivity contribution in [1.29, 1.82) is 0 Å². The SMILES string of the molecule is CCCN(CC)c1ccc(-c2cscn2)cc1. The number of nitrogens with zero attached hydrogens (tertiary/aromatic N) is 2. The number of aromatic nitrogens is 1. The van der Waals surface area contributed by atoms with E-state index >= 15 is 0 Å². The van der Waals surface area contributed by atoms with E-state index in [9.17, 15) is 0 Å². The topological polar surface area (TPSA) is 16.1 Å². The fraction of sp³-hybridized carbons (Fsp3) is 0.357. The maximum atomic E-state index is 4.32. The van der Waals surface area contributed by atoms with Gasteiger partial charge in [-0.1, -0.05) is 19.1 Å². The van der Waals surface area contributed by atoms with Crippen LogP contribution in [0.25, 0.3) is 11.3 Å². The molecule has 0 aliphatic rings. The first-order valence-corrected chi connectivity index (χ1v) is 7.03. The average molecular weight is 246 g/mol. The van der Waals surface area contributed by atoms with E-state index in [-0.39, 0.29) is 0 Å². The summed E-state index contributed by atoms with van der Waals surface area (Å²) in [5.41, 5.74) is 5.44. The lowest BCUT2D eigenvalue weighted by molar-refractivity contribution is 0.792. The number of anilines is 1. The predicted molar refractivity (Wildman–Crippen MR) is 75.7 cm³/mol. The van der Waals surface area contributed by atoms with Gasteiger partial charge < -0.3 is 4.90 Å². The molecule has 0 aliphatic carbocycles. The minimum absolute atomic E-state index is 1.06. The van der Waals surface area contributed by atoms with E-state index in [1.807, 2.05) is 5.51 Å². The Labute approximate surface area is 107 Å². The van der Waals surface area contributed by atoms with Crippen molar-refractivity contribution in [2.45, 2.75) is 20.3 Å². The molecule has 1 aromatic carbocycles.